The number of carbonyl (C=O) groups is 1. The molecule has 1 N–H and O–H groups in total. The first-order valence-corrected chi connectivity index (χ1v) is 9.52. The third-order valence-corrected chi connectivity index (χ3v) is 4.61. The van der Waals surface area contributed by atoms with Gasteiger partial charge in [-0.25, -0.2) is 0 Å². The van der Waals surface area contributed by atoms with Crippen LogP contribution >= 0.6 is 0 Å². The Balaban J connectivity index is 1.47. The van der Waals surface area contributed by atoms with E-state index in [2.05, 4.69) is 15.5 Å². The highest BCUT2D eigenvalue weighted by Gasteiger charge is 2.12. The molecular weight excluding hydrogens is 378 g/mol. The number of methoxy groups -OCH3 is 1. The zero-order chi connectivity index (χ0) is 20.9. The molecule has 150 valence electrons. The van der Waals surface area contributed by atoms with Gasteiger partial charge in [0.05, 0.1) is 6.61 Å². The van der Waals surface area contributed by atoms with E-state index in [0.29, 0.717) is 24.0 Å². The van der Waals surface area contributed by atoms with Crippen LogP contribution in [-0.2, 0) is 11.3 Å². The topological polar surface area (TPSA) is 77.2 Å². The normalized spacial score (nSPS) is 10.7. The van der Waals surface area contributed by atoms with E-state index in [1.165, 1.54) is 0 Å². The van der Waals surface area contributed by atoms with Crippen molar-refractivity contribution >= 4 is 11.6 Å². The molecular formula is C24H21N3O3. The van der Waals surface area contributed by atoms with Crippen molar-refractivity contribution in [2.75, 3.05) is 12.4 Å². The maximum atomic E-state index is 12.6. The molecule has 1 aromatic heterocycles. The number of ether oxygens (including phenoxy) is 1. The minimum absolute atomic E-state index is 0.193. The molecule has 0 aliphatic heterocycles. The van der Waals surface area contributed by atoms with Gasteiger partial charge in [0.25, 0.3) is 5.91 Å². The van der Waals surface area contributed by atoms with Crippen LogP contribution < -0.4 is 5.32 Å². The molecule has 0 radical (unpaired) electrons. The molecule has 0 atom stereocenters. The Morgan fingerprint density at radius 2 is 1.57 bits per heavy atom. The predicted octanol–water partition coefficient (Wildman–Crippen LogP) is 5.11. The van der Waals surface area contributed by atoms with Crippen molar-refractivity contribution in [3.8, 4) is 22.9 Å². The molecule has 3 aromatic carbocycles. The van der Waals surface area contributed by atoms with Gasteiger partial charge in [-0.15, -0.1) is 10.2 Å². The number of hydrogen-bond acceptors (Lipinski definition) is 5. The van der Waals surface area contributed by atoms with Crippen LogP contribution in [0.2, 0.25) is 0 Å². The Kier molecular flexibility index (Phi) is 5.68. The van der Waals surface area contributed by atoms with Gasteiger partial charge in [-0.3, -0.25) is 4.79 Å². The molecule has 4 rings (SSSR count). The zero-order valence-corrected chi connectivity index (χ0v) is 16.8. The largest absolute Gasteiger partial charge is 0.416 e. The van der Waals surface area contributed by atoms with Crippen LogP contribution in [0.3, 0.4) is 0 Å². The second-order valence-corrected chi connectivity index (χ2v) is 6.94. The molecule has 0 saturated carbocycles. The third-order valence-electron chi connectivity index (χ3n) is 4.61. The molecule has 0 saturated heterocycles. The van der Waals surface area contributed by atoms with Crippen molar-refractivity contribution < 1.29 is 13.9 Å². The van der Waals surface area contributed by atoms with E-state index in [4.69, 9.17) is 9.15 Å². The highest BCUT2D eigenvalue weighted by atomic mass is 16.5. The number of nitrogens with one attached hydrogen (secondary N) is 1. The summed E-state index contributed by atoms with van der Waals surface area (Å²) in [7, 11) is 1.64. The van der Waals surface area contributed by atoms with Gasteiger partial charge in [0.15, 0.2) is 0 Å². The van der Waals surface area contributed by atoms with E-state index in [1.54, 1.807) is 31.4 Å². The van der Waals surface area contributed by atoms with Gasteiger partial charge in [-0.2, -0.15) is 0 Å². The molecule has 1 heterocycles. The molecule has 0 spiro atoms. The van der Waals surface area contributed by atoms with Crippen LogP contribution in [-0.4, -0.2) is 23.2 Å². The summed E-state index contributed by atoms with van der Waals surface area (Å²) in [5.74, 6) is 0.676. The van der Waals surface area contributed by atoms with Gasteiger partial charge in [0.2, 0.25) is 11.8 Å². The lowest BCUT2D eigenvalue weighted by Gasteiger charge is -2.07. The fourth-order valence-corrected chi connectivity index (χ4v) is 3.03. The van der Waals surface area contributed by atoms with E-state index >= 15 is 0 Å². The third kappa shape index (κ3) is 4.45. The van der Waals surface area contributed by atoms with E-state index in [9.17, 15) is 4.79 Å². The Morgan fingerprint density at radius 3 is 2.20 bits per heavy atom. The van der Waals surface area contributed by atoms with Gasteiger partial charge in [-0.1, -0.05) is 29.8 Å². The summed E-state index contributed by atoms with van der Waals surface area (Å²) in [6.07, 6.45) is 0. The molecule has 6 nitrogen and oxygen atoms in total. The number of hydrogen-bond donors (Lipinski definition) is 1. The van der Waals surface area contributed by atoms with Gasteiger partial charge in [-0.05, 0) is 61.0 Å². The SMILES string of the molecule is COCc1cccc(NC(=O)c2ccc(-c3nnc(-c4ccc(C)cc4)o3)cc2)c1. The average Bonchev–Trinajstić information content (AvgIpc) is 3.25. The van der Waals surface area contributed by atoms with Crippen molar-refractivity contribution in [1.29, 1.82) is 0 Å². The maximum absolute atomic E-state index is 12.6. The highest BCUT2D eigenvalue weighted by molar-refractivity contribution is 6.04. The number of amides is 1. The summed E-state index contributed by atoms with van der Waals surface area (Å²) in [4.78, 5) is 12.6. The summed E-state index contributed by atoms with van der Waals surface area (Å²) in [5, 5.41) is 11.1. The maximum Gasteiger partial charge on any atom is 0.255 e. The fraction of sp³-hybridized carbons (Fsp3) is 0.125. The highest BCUT2D eigenvalue weighted by Crippen LogP contribution is 2.24. The van der Waals surface area contributed by atoms with Crippen LogP contribution in [0.15, 0.2) is 77.2 Å². The molecule has 0 unspecified atom stereocenters. The Hall–Kier alpha value is -3.77. The number of anilines is 1. The summed E-state index contributed by atoms with van der Waals surface area (Å²) in [6.45, 7) is 2.52. The van der Waals surface area contributed by atoms with Crippen molar-refractivity contribution in [3.63, 3.8) is 0 Å². The van der Waals surface area contributed by atoms with Crippen LogP contribution in [0, 0.1) is 6.92 Å². The molecule has 0 bridgehead atoms. The van der Waals surface area contributed by atoms with E-state index < -0.39 is 0 Å². The number of nitrogens with zero attached hydrogens (tertiary/aromatic N) is 2. The predicted molar refractivity (Wildman–Crippen MR) is 115 cm³/mol. The lowest BCUT2D eigenvalue weighted by atomic mass is 10.1. The summed E-state index contributed by atoms with van der Waals surface area (Å²) >= 11 is 0. The number of benzene rings is 3. The van der Waals surface area contributed by atoms with Gasteiger partial charge < -0.3 is 14.5 Å². The van der Waals surface area contributed by atoms with Crippen LogP contribution in [0.4, 0.5) is 5.69 Å². The molecule has 0 aliphatic carbocycles. The first kappa shape index (κ1) is 19.5. The Bertz CT molecular complexity index is 1150. The lowest BCUT2D eigenvalue weighted by Crippen LogP contribution is -2.11. The van der Waals surface area contributed by atoms with Crippen molar-refractivity contribution in [2.24, 2.45) is 0 Å². The average molecular weight is 399 g/mol. The number of aromatic nitrogens is 2. The molecule has 30 heavy (non-hydrogen) atoms. The molecule has 6 heteroatoms. The van der Waals surface area contributed by atoms with E-state index in [-0.39, 0.29) is 5.91 Å². The quantitative estimate of drug-likeness (QED) is 0.487. The zero-order valence-electron chi connectivity index (χ0n) is 16.8. The Labute approximate surface area is 174 Å². The minimum atomic E-state index is -0.193. The van der Waals surface area contributed by atoms with E-state index in [0.717, 1.165) is 27.9 Å². The summed E-state index contributed by atoms with van der Waals surface area (Å²) in [5.41, 5.74) is 5.03. The first-order valence-electron chi connectivity index (χ1n) is 9.52. The van der Waals surface area contributed by atoms with Crippen LogP contribution in [0.25, 0.3) is 22.9 Å². The fourth-order valence-electron chi connectivity index (χ4n) is 3.03. The van der Waals surface area contributed by atoms with Crippen LogP contribution in [0.1, 0.15) is 21.5 Å². The van der Waals surface area contributed by atoms with Gasteiger partial charge >= 0.3 is 0 Å². The first-order chi connectivity index (χ1) is 14.6. The molecule has 1 amide bonds. The van der Waals surface area contributed by atoms with Crippen molar-refractivity contribution in [2.45, 2.75) is 13.5 Å². The monoisotopic (exact) mass is 399 g/mol. The second-order valence-electron chi connectivity index (χ2n) is 6.94. The molecule has 0 fully saturated rings. The van der Waals surface area contributed by atoms with E-state index in [1.807, 2.05) is 55.5 Å². The second kappa shape index (κ2) is 8.71. The van der Waals surface area contributed by atoms with Crippen molar-refractivity contribution in [3.05, 3.63) is 89.5 Å². The summed E-state index contributed by atoms with van der Waals surface area (Å²) in [6, 6.07) is 22.5. The smallest absolute Gasteiger partial charge is 0.255 e. The minimum Gasteiger partial charge on any atom is -0.416 e. The van der Waals surface area contributed by atoms with Gasteiger partial charge in [0, 0.05) is 29.5 Å². The van der Waals surface area contributed by atoms with Crippen LogP contribution in [0.5, 0.6) is 0 Å². The number of aryl methyl sites for hydroxylation is 1. The molecule has 0 aliphatic rings. The van der Waals surface area contributed by atoms with Gasteiger partial charge in [0.1, 0.15) is 0 Å². The Morgan fingerprint density at radius 1 is 0.933 bits per heavy atom. The summed E-state index contributed by atoms with van der Waals surface area (Å²) < 4.78 is 10.9. The lowest BCUT2D eigenvalue weighted by molar-refractivity contribution is 0.102. The number of carbonyl (C=O) groups excluding carboxylic acids is 1. The standard InChI is InChI=1S/C24H21N3O3/c1-16-6-8-19(9-7-16)23-26-27-24(30-23)20-12-10-18(11-13-20)22(28)25-21-5-3-4-17(14-21)15-29-2/h3-14H,15H2,1-2H3,(H,25,28). The number of rotatable bonds is 6. The van der Waals surface area contributed by atoms with Crippen molar-refractivity contribution in [1.82, 2.24) is 10.2 Å². The molecule has 4 aromatic rings.